The summed E-state index contributed by atoms with van der Waals surface area (Å²) in [7, 11) is 1.57. The summed E-state index contributed by atoms with van der Waals surface area (Å²) >= 11 is 0. The van der Waals surface area contributed by atoms with Gasteiger partial charge < -0.3 is 28.7 Å². The first-order chi connectivity index (χ1) is 24.8. The lowest BCUT2D eigenvalue weighted by Crippen LogP contribution is -2.39. The van der Waals surface area contributed by atoms with E-state index in [1.165, 1.54) is 5.57 Å². The first-order valence-electron chi connectivity index (χ1n) is 17.6. The van der Waals surface area contributed by atoms with Crippen LogP contribution in [0.3, 0.4) is 0 Å². The Morgan fingerprint density at radius 1 is 0.942 bits per heavy atom. The number of hydrogen-bond donors (Lipinski definition) is 1. The van der Waals surface area contributed by atoms with Gasteiger partial charge in [0, 0.05) is 45.0 Å². The fraction of sp³-hybridized carbons (Fsp3) is 0.474. The highest BCUT2D eigenvalue weighted by atomic mass is 16.7. The number of methoxy groups -OCH3 is 1. The number of ether oxygens (including phenoxy) is 4. The van der Waals surface area contributed by atoms with E-state index in [0.29, 0.717) is 30.0 Å². The van der Waals surface area contributed by atoms with E-state index in [2.05, 4.69) is 38.6 Å². The maximum Gasteiger partial charge on any atom is 0.413 e. The molecule has 5 heterocycles. The van der Waals surface area contributed by atoms with Gasteiger partial charge >= 0.3 is 12.2 Å². The first-order valence-corrected chi connectivity index (χ1v) is 17.6. The molecule has 0 unspecified atom stereocenters. The molecule has 14 heteroatoms. The van der Waals surface area contributed by atoms with Crippen LogP contribution in [0.25, 0.3) is 27.9 Å². The smallest absolute Gasteiger partial charge is 0.413 e. The molecule has 1 saturated heterocycles. The summed E-state index contributed by atoms with van der Waals surface area (Å²) in [5, 5.41) is 16.7. The lowest BCUT2D eigenvalue weighted by Gasteiger charge is -2.33. The maximum absolute atomic E-state index is 12.8. The molecular formula is C38H48N8O6. The number of fused-ring (bicyclic) bond motifs is 1. The van der Waals surface area contributed by atoms with Crippen molar-refractivity contribution in [3.63, 3.8) is 0 Å². The Hall–Kier alpha value is -5.24. The molecular weight excluding hydrogens is 664 g/mol. The fourth-order valence-electron chi connectivity index (χ4n) is 6.28. The zero-order chi connectivity index (χ0) is 37.0. The van der Waals surface area contributed by atoms with Gasteiger partial charge in [0.2, 0.25) is 0 Å². The van der Waals surface area contributed by atoms with Crippen LogP contribution in [0.1, 0.15) is 72.4 Å². The molecule has 1 N–H and O–H groups in total. The Kier molecular flexibility index (Phi) is 10.7. The van der Waals surface area contributed by atoms with E-state index in [1.54, 1.807) is 12.0 Å². The molecule has 276 valence electrons. The minimum absolute atomic E-state index is 0.0320. The quantitative estimate of drug-likeness (QED) is 0.187. The minimum Gasteiger partial charge on any atom is -0.467 e. The Bertz CT molecular complexity index is 1920. The summed E-state index contributed by atoms with van der Waals surface area (Å²) in [6.07, 6.45) is 5.43. The molecule has 0 radical (unpaired) electrons. The van der Waals surface area contributed by atoms with Gasteiger partial charge in [0.05, 0.1) is 17.3 Å². The van der Waals surface area contributed by atoms with E-state index in [4.69, 9.17) is 29.0 Å². The zero-order valence-electron chi connectivity index (χ0n) is 31.0. The van der Waals surface area contributed by atoms with Gasteiger partial charge in [-0.1, -0.05) is 18.2 Å². The van der Waals surface area contributed by atoms with Gasteiger partial charge in [0.25, 0.3) is 0 Å². The molecule has 14 nitrogen and oxygen atoms in total. The first kappa shape index (κ1) is 36.5. The number of aromatic nitrogens is 5. The van der Waals surface area contributed by atoms with Crippen molar-refractivity contribution in [1.29, 1.82) is 0 Å². The number of amides is 2. The highest BCUT2D eigenvalue weighted by Gasteiger charge is 2.28. The number of carbonyl (C=O) groups excluding carboxylic acids is 2. The highest BCUT2D eigenvalue weighted by molar-refractivity contribution is 5.96. The van der Waals surface area contributed by atoms with Crippen molar-refractivity contribution in [1.82, 2.24) is 29.9 Å². The van der Waals surface area contributed by atoms with Gasteiger partial charge in [-0.2, -0.15) is 5.10 Å². The highest BCUT2D eigenvalue weighted by Crippen LogP contribution is 2.35. The van der Waals surface area contributed by atoms with Crippen molar-refractivity contribution < 1.29 is 28.5 Å². The summed E-state index contributed by atoms with van der Waals surface area (Å²) < 4.78 is 23.9. The van der Waals surface area contributed by atoms with Crippen molar-refractivity contribution in [3.8, 4) is 17.0 Å². The van der Waals surface area contributed by atoms with Gasteiger partial charge in [-0.05, 0) is 102 Å². The number of nitrogens with zero attached hydrogens (tertiary/aromatic N) is 7. The van der Waals surface area contributed by atoms with Gasteiger partial charge in [0.15, 0.2) is 18.1 Å². The lowest BCUT2D eigenvalue weighted by molar-refractivity contribution is 0.0270. The second kappa shape index (κ2) is 15.2. The van der Waals surface area contributed by atoms with Crippen LogP contribution in [0.4, 0.5) is 21.2 Å². The maximum atomic E-state index is 12.8. The number of piperidine rings is 1. The summed E-state index contributed by atoms with van der Waals surface area (Å²) in [5.41, 5.74) is 3.61. The van der Waals surface area contributed by atoms with E-state index in [-0.39, 0.29) is 24.7 Å². The Labute approximate surface area is 304 Å². The Balaban J connectivity index is 1.18. The number of anilines is 2. The monoisotopic (exact) mass is 712 g/mol. The number of hydrogen-bond acceptors (Lipinski definition) is 11. The number of carbonyl (C=O) groups is 2. The van der Waals surface area contributed by atoms with Crippen LogP contribution in [0.2, 0.25) is 0 Å². The average Bonchev–Trinajstić information content (AvgIpc) is 3.46. The van der Waals surface area contributed by atoms with Crippen LogP contribution < -0.4 is 15.0 Å². The fourth-order valence-corrected chi connectivity index (χ4v) is 6.28. The zero-order valence-corrected chi connectivity index (χ0v) is 31.0. The van der Waals surface area contributed by atoms with Crippen molar-refractivity contribution in [2.75, 3.05) is 50.3 Å². The van der Waals surface area contributed by atoms with E-state index in [1.807, 2.05) is 82.8 Å². The van der Waals surface area contributed by atoms with Gasteiger partial charge in [-0.15, -0.1) is 10.2 Å². The molecule has 0 atom stereocenters. The topological polar surface area (TPSA) is 146 Å². The van der Waals surface area contributed by atoms with Crippen molar-refractivity contribution in [2.24, 2.45) is 0 Å². The van der Waals surface area contributed by atoms with E-state index >= 15 is 0 Å². The third-order valence-electron chi connectivity index (χ3n) is 8.68. The number of para-hydroxylation sites is 1. The summed E-state index contributed by atoms with van der Waals surface area (Å²) in [6, 6.07) is 13.7. The van der Waals surface area contributed by atoms with Crippen LogP contribution in [0.15, 0.2) is 54.7 Å². The standard InChI is InChI=1S/C38H48N8O6/c1-37(2,3)51-35(47)40-34-33-30(22-29(41-42-33)28-10-8-9-11-31(28)50-24-49-7)46(43-34)27-16-20-44(21-17-27)32-13-12-26(23-39-32)25-14-18-45(19-15-25)36(48)52-38(4,5)6/h8-14,22-23,27H,15-21,24H2,1-7H3,(H,40,43,47). The van der Waals surface area contributed by atoms with Crippen LogP contribution >= 0.6 is 0 Å². The number of benzene rings is 1. The molecule has 1 fully saturated rings. The molecule has 0 saturated carbocycles. The van der Waals surface area contributed by atoms with E-state index in [9.17, 15) is 9.59 Å². The second-order valence-electron chi connectivity index (χ2n) is 15.0. The Morgan fingerprint density at radius 3 is 2.35 bits per heavy atom. The third kappa shape index (κ3) is 8.79. The van der Waals surface area contributed by atoms with E-state index < -0.39 is 17.3 Å². The van der Waals surface area contributed by atoms with Crippen molar-refractivity contribution in [2.45, 2.75) is 78.0 Å². The summed E-state index contributed by atoms with van der Waals surface area (Å²) in [4.78, 5) is 34.1. The van der Waals surface area contributed by atoms with Crippen molar-refractivity contribution >= 4 is 40.4 Å². The molecule has 0 bridgehead atoms. The number of rotatable bonds is 8. The molecule has 4 aromatic rings. The van der Waals surface area contributed by atoms with Crippen LogP contribution in [-0.4, -0.2) is 93.3 Å². The van der Waals surface area contributed by atoms with Crippen LogP contribution in [0.5, 0.6) is 5.75 Å². The van der Waals surface area contributed by atoms with Gasteiger partial charge in [-0.3, -0.25) is 10.00 Å². The van der Waals surface area contributed by atoms with Crippen molar-refractivity contribution in [3.05, 3.63) is 60.3 Å². The molecule has 6 rings (SSSR count). The van der Waals surface area contributed by atoms with Gasteiger partial charge in [0.1, 0.15) is 22.8 Å². The van der Waals surface area contributed by atoms with Crippen LogP contribution in [-0.2, 0) is 14.2 Å². The molecule has 2 aliphatic heterocycles. The molecule has 2 amide bonds. The second-order valence-corrected chi connectivity index (χ2v) is 15.0. The third-order valence-corrected chi connectivity index (χ3v) is 8.68. The Morgan fingerprint density at radius 2 is 1.69 bits per heavy atom. The largest absolute Gasteiger partial charge is 0.467 e. The molecule has 0 spiro atoms. The predicted octanol–water partition coefficient (Wildman–Crippen LogP) is 7.08. The van der Waals surface area contributed by atoms with Gasteiger partial charge in [-0.25, -0.2) is 14.6 Å². The molecule has 1 aromatic carbocycles. The number of nitrogens with one attached hydrogen (secondary N) is 1. The molecule has 3 aromatic heterocycles. The molecule has 52 heavy (non-hydrogen) atoms. The molecule has 2 aliphatic rings. The lowest BCUT2D eigenvalue weighted by atomic mass is 10.0. The van der Waals surface area contributed by atoms with Crippen LogP contribution in [0, 0.1) is 0 Å². The minimum atomic E-state index is -0.678. The summed E-state index contributed by atoms with van der Waals surface area (Å²) in [5.74, 6) is 1.82. The molecule has 0 aliphatic carbocycles. The average molecular weight is 713 g/mol. The number of pyridine rings is 1. The normalized spacial score (nSPS) is 15.7. The van der Waals surface area contributed by atoms with E-state index in [0.717, 1.165) is 54.8 Å². The SMILES string of the molecule is COCOc1ccccc1-c1cc2c(nn1)c(NC(=O)OC(C)(C)C)nn2C1CCN(c2ccc(C3=CCN(C(=O)OC(C)(C)C)CC3)cn2)CC1. The predicted molar refractivity (Wildman–Crippen MR) is 198 cm³/mol. The summed E-state index contributed by atoms with van der Waals surface area (Å²) in [6.45, 7) is 13.8.